The second-order valence-electron chi connectivity index (χ2n) is 12.0. The van der Waals surface area contributed by atoms with Crippen LogP contribution >= 0.6 is 46.4 Å². The summed E-state index contributed by atoms with van der Waals surface area (Å²) in [6, 6.07) is 13.7. The molecule has 0 bridgehead atoms. The molecule has 2 aromatic rings. The van der Waals surface area contributed by atoms with Gasteiger partial charge in [-0.05, 0) is 48.2 Å². The van der Waals surface area contributed by atoms with E-state index in [1.165, 1.54) is 0 Å². The molecule has 0 saturated heterocycles. The number of alkyl halides is 2. The van der Waals surface area contributed by atoms with Crippen molar-refractivity contribution in [2.24, 2.45) is 40.9 Å². The van der Waals surface area contributed by atoms with Gasteiger partial charge in [-0.1, -0.05) is 58.5 Å². The number of rotatable bonds is 8. The second-order valence-corrected chi connectivity index (χ2v) is 13.7. The van der Waals surface area contributed by atoms with Crippen LogP contribution in [0, 0.1) is 46.3 Å². The lowest BCUT2D eigenvalue weighted by atomic mass is 9.89. The van der Waals surface area contributed by atoms with Gasteiger partial charge in [0.25, 0.3) is 5.91 Å². The van der Waals surface area contributed by atoms with Crippen LogP contribution in [0.15, 0.2) is 36.4 Å². The number of ether oxygens (including phenoxy) is 2. The van der Waals surface area contributed by atoms with Crippen molar-refractivity contribution in [2.45, 2.75) is 60.7 Å². The van der Waals surface area contributed by atoms with Gasteiger partial charge in [-0.25, -0.2) is 13.6 Å². The van der Waals surface area contributed by atoms with Crippen LogP contribution in [0.1, 0.15) is 24.0 Å². The second kappa shape index (κ2) is 12.0. The molecule has 0 aromatic heterocycles. The number of hydrogen-bond acceptors (Lipinski definition) is 8. The number of nitriles is 2. The number of primary amides is 1. The van der Waals surface area contributed by atoms with Crippen molar-refractivity contribution in [3.63, 3.8) is 0 Å². The van der Waals surface area contributed by atoms with Gasteiger partial charge in [0.2, 0.25) is 5.67 Å². The van der Waals surface area contributed by atoms with Gasteiger partial charge >= 0.3 is 5.97 Å². The Bertz CT molecular complexity index is 1570. The number of halogens is 6. The largest absolute Gasteiger partial charge is 0.479 e. The van der Waals surface area contributed by atoms with Crippen molar-refractivity contribution < 1.29 is 33.0 Å². The predicted molar refractivity (Wildman–Crippen MR) is 163 cm³/mol. The lowest BCUT2D eigenvalue weighted by molar-refractivity contribution is -0.147. The summed E-state index contributed by atoms with van der Waals surface area (Å²) in [7, 11) is 0. The Balaban J connectivity index is 0.000000181. The lowest BCUT2D eigenvalue weighted by Crippen LogP contribution is -2.54. The van der Waals surface area contributed by atoms with Gasteiger partial charge in [-0.3, -0.25) is 4.79 Å². The first-order valence-corrected chi connectivity index (χ1v) is 15.4. The Hall–Kier alpha value is -2.78. The highest BCUT2D eigenvalue weighted by Crippen LogP contribution is 2.67. The predicted octanol–water partition coefficient (Wildman–Crippen LogP) is 4.49. The molecule has 6 rings (SSSR count). The Morgan fingerprint density at radius 1 is 0.804 bits per heavy atom. The van der Waals surface area contributed by atoms with Crippen LogP contribution in [-0.2, 0) is 32.3 Å². The van der Waals surface area contributed by atoms with Gasteiger partial charge in [-0.15, -0.1) is 0 Å². The molecule has 0 heterocycles. The van der Waals surface area contributed by atoms with Crippen LogP contribution in [0.4, 0.5) is 8.78 Å². The van der Waals surface area contributed by atoms with Crippen LogP contribution in [-0.4, -0.2) is 51.6 Å². The van der Waals surface area contributed by atoms with Gasteiger partial charge in [-0.2, -0.15) is 10.5 Å². The first-order chi connectivity index (χ1) is 21.5. The summed E-state index contributed by atoms with van der Waals surface area (Å²) >= 11 is 23.5. The van der Waals surface area contributed by atoms with E-state index in [0.29, 0.717) is 20.1 Å². The van der Waals surface area contributed by atoms with E-state index in [1.807, 2.05) is 12.1 Å². The highest BCUT2D eigenvalue weighted by Gasteiger charge is 2.84. The Morgan fingerprint density at radius 3 is 1.54 bits per heavy atom. The van der Waals surface area contributed by atoms with E-state index in [2.05, 4.69) is 0 Å². The minimum absolute atomic E-state index is 0.0961. The van der Waals surface area contributed by atoms with Crippen molar-refractivity contribution in [3.05, 3.63) is 67.6 Å². The number of carboxylic acids is 1. The van der Waals surface area contributed by atoms with Crippen molar-refractivity contribution in [1.29, 1.82) is 10.5 Å². The summed E-state index contributed by atoms with van der Waals surface area (Å²) in [4.78, 5) is 22.3. The number of carbonyl (C=O) groups excluding carboxylic acids is 1. The fourth-order valence-electron chi connectivity index (χ4n) is 7.05. The molecule has 1 amide bonds. The number of benzene rings is 2. The maximum atomic E-state index is 14.5. The zero-order valence-electron chi connectivity index (χ0n) is 23.7. The third kappa shape index (κ3) is 5.39. The van der Waals surface area contributed by atoms with Gasteiger partial charge in [0.1, 0.15) is 11.1 Å². The number of amides is 1. The van der Waals surface area contributed by atoms with E-state index in [-0.39, 0.29) is 26.1 Å². The van der Waals surface area contributed by atoms with E-state index in [0.717, 1.165) is 11.1 Å². The normalized spacial score (nSPS) is 38.0. The summed E-state index contributed by atoms with van der Waals surface area (Å²) in [5, 5.41) is 29.3. The van der Waals surface area contributed by atoms with E-state index < -0.39 is 70.2 Å². The SMILES string of the molecule is N#C[C@@]1(N)[C@H]2[C@@H](C[C@H]1OCc1ccc(Cl)c(Cl)c1)[C@]2(F)C(=O)O.N#C[C@@]1(N)[C@H]2[C@@H](C[C@H]1OCc1ccc(Cl)c(Cl)c1)[C@]2(F)C(N)=O. The van der Waals surface area contributed by atoms with Crippen molar-refractivity contribution in [1.82, 2.24) is 0 Å². The molecule has 244 valence electrons. The van der Waals surface area contributed by atoms with Gasteiger partial charge < -0.3 is 31.8 Å². The van der Waals surface area contributed by atoms with E-state index >= 15 is 0 Å². The summed E-state index contributed by atoms with van der Waals surface area (Å²) in [5.74, 6) is -6.06. The standard InChI is InChI=1S/C15H14Cl2FN3O2.C15H13Cl2FN2O3/c16-9-2-1-7(3-10(9)17)5-23-11-4-8-12(14(11,21)6-19)15(8,18)13(20)22;16-9-2-1-7(3-10(9)17)5-23-11-4-8-12(14(11,20)6-19)15(8,18)13(21)22/h1-3,8,11-12H,4-5,21H2,(H2,20,22);1-3,8,11-12H,4-5,20H2,(H,21,22)/t2*8-,11-,12-,14+,15-/m11/s1. The van der Waals surface area contributed by atoms with Gasteiger partial charge in [0, 0.05) is 23.7 Å². The average molecular weight is 717 g/mol. The number of nitrogens with zero attached hydrogens (tertiary/aromatic N) is 2. The number of fused-ring (bicyclic) bond motifs is 2. The molecule has 46 heavy (non-hydrogen) atoms. The molecule has 2 aromatic carbocycles. The number of carbonyl (C=O) groups is 2. The lowest BCUT2D eigenvalue weighted by Gasteiger charge is -2.29. The number of carboxylic acid groups (broad SMARTS) is 1. The van der Waals surface area contributed by atoms with Crippen LogP contribution < -0.4 is 17.2 Å². The first kappa shape index (κ1) is 34.6. The molecule has 10 atom stereocenters. The molecular formula is C30H27Cl4F2N5O5. The van der Waals surface area contributed by atoms with E-state index in [4.69, 9.17) is 78.2 Å². The minimum Gasteiger partial charge on any atom is -0.479 e. The van der Waals surface area contributed by atoms with Crippen LogP contribution in [0.2, 0.25) is 20.1 Å². The van der Waals surface area contributed by atoms with Gasteiger partial charge in [0.05, 0.1) is 57.7 Å². The van der Waals surface area contributed by atoms with Crippen LogP contribution in [0.25, 0.3) is 0 Å². The number of aliphatic carboxylic acids is 1. The Morgan fingerprint density at radius 2 is 1.20 bits per heavy atom. The average Bonchev–Trinajstić information content (AvgIpc) is 3.72. The topological polar surface area (TPSA) is 198 Å². The Labute approximate surface area is 282 Å². The molecule has 10 nitrogen and oxygen atoms in total. The minimum atomic E-state index is -2.42. The van der Waals surface area contributed by atoms with Crippen LogP contribution in [0.5, 0.6) is 0 Å². The molecule has 4 aliphatic carbocycles. The van der Waals surface area contributed by atoms with E-state index in [9.17, 15) is 28.9 Å². The van der Waals surface area contributed by atoms with E-state index in [1.54, 1.807) is 36.4 Å². The van der Waals surface area contributed by atoms with Crippen molar-refractivity contribution in [2.75, 3.05) is 0 Å². The smallest absolute Gasteiger partial charge is 0.342 e. The number of hydrogen-bond donors (Lipinski definition) is 4. The zero-order chi connectivity index (χ0) is 34.0. The summed E-state index contributed by atoms with van der Waals surface area (Å²) in [6.07, 6.45) is -1.14. The zero-order valence-corrected chi connectivity index (χ0v) is 26.8. The number of nitrogens with two attached hydrogens (primary N) is 3. The molecule has 4 fully saturated rings. The highest BCUT2D eigenvalue weighted by molar-refractivity contribution is 6.42. The molecule has 4 saturated carbocycles. The Kier molecular flexibility index (Phi) is 9.04. The fourth-order valence-corrected chi connectivity index (χ4v) is 7.69. The van der Waals surface area contributed by atoms with Crippen molar-refractivity contribution in [3.8, 4) is 12.1 Å². The molecule has 0 radical (unpaired) electrons. The summed E-state index contributed by atoms with van der Waals surface area (Å²) in [6.45, 7) is 0.269. The van der Waals surface area contributed by atoms with Crippen molar-refractivity contribution >= 4 is 58.3 Å². The highest BCUT2D eigenvalue weighted by atomic mass is 35.5. The van der Waals surface area contributed by atoms with Gasteiger partial charge in [0.15, 0.2) is 5.67 Å². The molecular weight excluding hydrogens is 690 g/mol. The summed E-state index contributed by atoms with van der Waals surface area (Å²) in [5.41, 5.74) is 10.7. The quantitative estimate of drug-likeness (QED) is 0.304. The third-order valence-electron chi connectivity index (χ3n) is 9.56. The molecule has 0 spiro atoms. The molecule has 0 aliphatic heterocycles. The third-order valence-corrected chi connectivity index (χ3v) is 11.0. The maximum absolute atomic E-state index is 14.5. The summed E-state index contributed by atoms with van der Waals surface area (Å²) < 4.78 is 40.1. The molecule has 4 aliphatic rings. The molecule has 0 unspecified atom stereocenters. The van der Waals surface area contributed by atoms with Crippen LogP contribution in [0.3, 0.4) is 0 Å². The molecule has 16 heteroatoms. The first-order valence-electron chi connectivity index (χ1n) is 13.9. The maximum Gasteiger partial charge on any atom is 0.342 e. The molecule has 7 N–H and O–H groups in total. The fraction of sp³-hybridized carbons (Fsp3) is 0.467. The monoisotopic (exact) mass is 715 g/mol.